The summed E-state index contributed by atoms with van der Waals surface area (Å²) in [5, 5.41) is 13.8. The quantitative estimate of drug-likeness (QED) is 0.879. The summed E-state index contributed by atoms with van der Waals surface area (Å²) in [6, 6.07) is 2.40. The first-order valence-corrected chi connectivity index (χ1v) is 6.92. The number of primary amides is 1. The minimum absolute atomic E-state index is 0.0202. The van der Waals surface area contributed by atoms with E-state index in [2.05, 4.69) is 5.10 Å². The van der Waals surface area contributed by atoms with Crippen molar-refractivity contribution < 1.29 is 19.1 Å². The summed E-state index contributed by atoms with van der Waals surface area (Å²) < 4.78 is 15.2. The Bertz CT molecular complexity index is 750. The van der Waals surface area contributed by atoms with Gasteiger partial charge in [0.15, 0.2) is 0 Å². The summed E-state index contributed by atoms with van der Waals surface area (Å²) >= 11 is 0. The van der Waals surface area contributed by atoms with Gasteiger partial charge in [-0.1, -0.05) is 0 Å². The zero-order chi connectivity index (χ0) is 15.9. The van der Waals surface area contributed by atoms with Gasteiger partial charge in [0.1, 0.15) is 11.3 Å². The molecule has 7 nitrogen and oxygen atoms in total. The highest BCUT2D eigenvalue weighted by Gasteiger charge is 2.24. The Morgan fingerprint density at radius 1 is 1.32 bits per heavy atom. The average molecular weight is 306 g/mol. The van der Waals surface area contributed by atoms with E-state index < -0.39 is 17.8 Å². The van der Waals surface area contributed by atoms with Crippen molar-refractivity contribution in [2.75, 3.05) is 13.1 Å². The van der Waals surface area contributed by atoms with Crippen LogP contribution < -0.4 is 5.73 Å². The van der Waals surface area contributed by atoms with Gasteiger partial charge in [-0.2, -0.15) is 5.10 Å². The molecular formula is C14H15FN4O3. The molecule has 1 aromatic carbocycles. The summed E-state index contributed by atoms with van der Waals surface area (Å²) in [7, 11) is 0. The van der Waals surface area contributed by atoms with Crippen molar-refractivity contribution >= 4 is 22.9 Å². The average Bonchev–Trinajstić information content (AvgIpc) is 2.89. The number of nitrogens with two attached hydrogens (primary N) is 1. The minimum atomic E-state index is -0.929. The SMILES string of the molecule is NC(=O)c1cc(F)cc2cn(C3CCN(C(=O)O)CC3)nc12. The molecular weight excluding hydrogens is 291 g/mol. The Morgan fingerprint density at radius 2 is 2.00 bits per heavy atom. The second-order valence-electron chi connectivity index (χ2n) is 5.37. The number of halogens is 1. The van der Waals surface area contributed by atoms with Crippen LogP contribution in [-0.4, -0.2) is 44.9 Å². The monoisotopic (exact) mass is 306 g/mol. The van der Waals surface area contributed by atoms with Crippen LogP contribution in [0.3, 0.4) is 0 Å². The molecule has 1 aliphatic heterocycles. The fourth-order valence-corrected chi connectivity index (χ4v) is 2.81. The molecule has 0 spiro atoms. The number of hydrogen-bond donors (Lipinski definition) is 2. The standard InChI is InChI=1S/C14H15FN4O3/c15-9-5-8-7-19(17-12(8)11(6-9)13(16)20)10-1-3-18(4-2-10)14(21)22/h5-7,10H,1-4H2,(H2,16,20)(H,21,22). The third-order valence-electron chi connectivity index (χ3n) is 3.97. The second kappa shape index (κ2) is 5.28. The fraction of sp³-hybridized carbons (Fsp3) is 0.357. The van der Waals surface area contributed by atoms with Gasteiger partial charge in [-0.25, -0.2) is 9.18 Å². The highest BCUT2D eigenvalue weighted by molar-refractivity contribution is 6.04. The number of likely N-dealkylation sites (tertiary alicyclic amines) is 1. The van der Waals surface area contributed by atoms with Crippen LogP contribution in [0.25, 0.3) is 10.9 Å². The normalized spacial score (nSPS) is 16.1. The van der Waals surface area contributed by atoms with Crippen molar-refractivity contribution in [2.24, 2.45) is 5.73 Å². The Hall–Kier alpha value is -2.64. The lowest BCUT2D eigenvalue weighted by Crippen LogP contribution is -2.38. The zero-order valence-electron chi connectivity index (χ0n) is 11.7. The lowest BCUT2D eigenvalue weighted by Gasteiger charge is -2.29. The number of rotatable bonds is 2. The number of piperidine rings is 1. The van der Waals surface area contributed by atoms with E-state index in [0.717, 1.165) is 6.07 Å². The van der Waals surface area contributed by atoms with Crippen molar-refractivity contribution in [3.63, 3.8) is 0 Å². The molecule has 1 fully saturated rings. The Labute approximate surface area is 125 Å². The highest BCUT2D eigenvalue weighted by Crippen LogP contribution is 2.26. The van der Waals surface area contributed by atoms with Gasteiger partial charge in [-0.15, -0.1) is 0 Å². The molecule has 0 radical (unpaired) electrons. The number of amides is 2. The number of aromatic nitrogens is 2. The van der Waals surface area contributed by atoms with Gasteiger partial charge >= 0.3 is 6.09 Å². The van der Waals surface area contributed by atoms with Gasteiger partial charge in [0.2, 0.25) is 0 Å². The summed E-state index contributed by atoms with van der Waals surface area (Å²) in [4.78, 5) is 23.7. The molecule has 3 N–H and O–H groups in total. The number of hydrogen-bond acceptors (Lipinski definition) is 3. The molecule has 0 aliphatic carbocycles. The summed E-state index contributed by atoms with van der Waals surface area (Å²) in [5.74, 6) is -1.27. The Morgan fingerprint density at radius 3 is 2.59 bits per heavy atom. The molecule has 0 bridgehead atoms. The van der Waals surface area contributed by atoms with E-state index in [4.69, 9.17) is 10.8 Å². The van der Waals surface area contributed by atoms with Crippen molar-refractivity contribution in [1.82, 2.24) is 14.7 Å². The lowest BCUT2D eigenvalue weighted by atomic mass is 10.1. The van der Waals surface area contributed by atoms with Crippen LogP contribution in [0.1, 0.15) is 29.2 Å². The van der Waals surface area contributed by atoms with E-state index in [9.17, 15) is 14.0 Å². The van der Waals surface area contributed by atoms with Gasteiger partial charge in [-0.3, -0.25) is 9.48 Å². The number of fused-ring (bicyclic) bond motifs is 1. The molecule has 116 valence electrons. The van der Waals surface area contributed by atoms with Gasteiger partial charge in [0.05, 0.1) is 11.6 Å². The molecule has 1 saturated heterocycles. The lowest BCUT2D eigenvalue weighted by molar-refractivity contribution is 0.100. The van der Waals surface area contributed by atoms with Crippen molar-refractivity contribution in [2.45, 2.75) is 18.9 Å². The number of carbonyl (C=O) groups is 2. The minimum Gasteiger partial charge on any atom is -0.465 e. The molecule has 2 amide bonds. The third-order valence-corrected chi connectivity index (χ3v) is 3.97. The van der Waals surface area contributed by atoms with E-state index in [0.29, 0.717) is 36.8 Å². The third kappa shape index (κ3) is 2.47. The first-order valence-electron chi connectivity index (χ1n) is 6.92. The van der Waals surface area contributed by atoms with Gasteiger partial charge < -0.3 is 15.7 Å². The predicted octanol–water partition coefficient (Wildman–Crippen LogP) is 1.59. The van der Waals surface area contributed by atoms with E-state index in [1.165, 1.54) is 11.0 Å². The highest BCUT2D eigenvalue weighted by atomic mass is 19.1. The van der Waals surface area contributed by atoms with Crippen LogP contribution >= 0.6 is 0 Å². The Kier molecular flexibility index (Phi) is 3.44. The Balaban J connectivity index is 1.91. The second-order valence-corrected chi connectivity index (χ2v) is 5.37. The first kappa shape index (κ1) is 14.3. The first-order chi connectivity index (χ1) is 10.5. The van der Waals surface area contributed by atoms with Crippen molar-refractivity contribution in [3.8, 4) is 0 Å². The van der Waals surface area contributed by atoms with Gasteiger partial charge in [0.25, 0.3) is 5.91 Å². The van der Waals surface area contributed by atoms with Crippen molar-refractivity contribution in [1.29, 1.82) is 0 Å². The number of carboxylic acid groups (broad SMARTS) is 1. The van der Waals surface area contributed by atoms with E-state index in [1.54, 1.807) is 10.9 Å². The maximum atomic E-state index is 13.5. The van der Waals surface area contributed by atoms with E-state index in [1.807, 2.05) is 0 Å². The molecule has 8 heteroatoms. The van der Waals surface area contributed by atoms with Crippen LogP contribution in [-0.2, 0) is 0 Å². The molecule has 2 aromatic rings. The molecule has 0 atom stereocenters. The van der Waals surface area contributed by atoms with Crippen LogP contribution in [0.5, 0.6) is 0 Å². The van der Waals surface area contributed by atoms with E-state index in [-0.39, 0.29) is 11.6 Å². The topological polar surface area (TPSA) is 101 Å². The predicted molar refractivity (Wildman–Crippen MR) is 76.1 cm³/mol. The van der Waals surface area contributed by atoms with E-state index >= 15 is 0 Å². The molecule has 3 rings (SSSR count). The van der Waals surface area contributed by atoms with Crippen LogP contribution in [0.15, 0.2) is 18.3 Å². The maximum Gasteiger partial charge on any atom is 0.407 e. The van der Waals surface area contributed by atoms with Gasteiger partial charge in [-0.05, 0) is 25.0 Å². The number of carbonyl (C=O) groups excluding carboxylic acids is 1. The van der Waals surface area contributed by atoms with Crippen LogP contribution in [0, 0.1) is 5.82 Å². The molecule has 2 heterocycles. The summed E-state index contributed by atoms with van der Waals surface area (Å²) in [6.45, 7) is 0.848. The summed E-state index contributed by atoms with van der Waals surface area (Å²) in [6.07, 6.45) is 1.98. The van der Waals surface area contributed by atoms with Gasteiger partial charge in [0, 0.05) is 24.7 Å². The van der Waals surface area contributed by atoms with Crippen LogP contribution in [0.2, 0.25) is 0 Å². The molecule has 0 saturated carbocycles. The van der Waals surface area contributed by atoms with Crippen molar-refractivity contribution in [3.05, 3.63) is 29.7 Å². The largest absolute Gasteiger partial charge is 0.465 e. The number of benzene rings is 1. The smallest absolute Gasteiger partial charge is 0.407 e. The van der Waals surface area contributed by atoms with Crippen LogP contribution in [0.4, 0.5) is 9.18 Å². The molecule has 1 aromatic heterocycles. The molecule has 0 unspecified atom stereocenters. The fourth-order valence-electron chi connectivity index (χ4n) is 2.81. The molecule has 22 heavy (non-hydrogen) atoms. The zero-order valence-corrected chi connectivity index (χ0v) is 11.7. The maximum absolute atomic E-state index is 13.5. The summed E-state index contributed by atoms with van der Waals surface area (Å²) in [5.41, 5.74) is 5.68. The molecule has 1 aliphatic rings. The number of nitrogens with zero attached hydrogens (tertiary/aromatic N) is 3.